The number of nitrogens with one attached hydrogen (secondary N) is 2. The van der Waals surface area contributed by atoms with Crippen LogP contribution >= 0.6 is 0 Å². The molecule has 1 amide bonds. The van der Waals surface area contributed by atoms with Crippen LogP contribution in [0.4, 0.5) is 11.4 Å². The van der Waals surface area contributed by atoms with Crippen molar-refractivity contribution in [2.75, 3.05) is 17.7 Å². The molecule has 3 rings (SSSR count). The number of hydrogen-bond acceptors (Lipinski definition) is 3. The van der Waals surface area contributed by atoms with Gasteiger partial charge in [-0.3, -0.25) is 4.79 Å². The molecule has 0 fully saturated rings. The van der Waals surface area contributed by atoms with Crippen molar-refractivity contribution < 1.29 is 9.53 Å². The number of amides is 1. The lowest BCUT2D eigenvalue weighted by atomic mass is 10.1. The molecule has 0 spiro atoms. The van der Waals surface area contributed by atoms with Crippen molar-refractivity contribution in [1.29, 1.82) is 0 Å². The summed E-state index contributed by atoms with van der Waals surface area (Å²) in [5.41, 5.74) is 5.89. The molecular weight excluding hydrogens is 336 g/mol. The molecule has 0 radical (unpaired) electrons. The Bertz CT molecular complexity index is 916. The van der Waals surface area contributed by atoms with E-state index in [1.54, 1.807) is 7.11 Å². The number of carbonyl (C=O) groups is 1. The Morgan fingerprint density at radius 3 is 2.15 bits per heavy atom. The van der Waals surface area contributed by atoms with E-state index in [1.807, 2.05) is 80.6 Å². The van der Waals surface area contributed by atoms with E-state index < -0.39 is 0 Å². The molecule has 3 aromatic rings. The molecule has 0 atom stereocenters. The Labute approximate surface area is 160 Å². The summed E-state index contributed by atoms with van der Waals surface area (Å²) in [5, 5.41) is 6.31. The van der Waals surface area contributed by atoms with Gasteiger partial charge in [0.2, 0.25) is 0 Å². The normalized spacial score (nSPS) is 10.3. The van der Waals surface area contributed by atoms with E-state index in [-0.39, 0.29) is 5.91 Å². The van der Waals surface area contributed by atoms with Gasteiger partial charge in [0, 0.05) is 23.5 Å². The molecule has 0 unspecified atom stereocenters. The number of rotatable bonds is 6. The predicted molar refractivity (Wildman–Crippen MR) is 111 cm³/mol. The van der Waals surface area contributed by atoms with Gasteiger partial charge in [-0.15, -0.1) is 0 Å². The molecule has 0 aromatic heterocycles. The van der Waals surface area contributed by atoms with Crippen molar-refractivity contribution in [2.45, 2.75) is 20.4 Å². The molecule has 27 heavy (non-hydrogen) atoms. The fraction of sp³-hybridized carbons (Fsp3) is 0.174. The molecule has 4 nitrogen and oxygen atoms in total. The van der Waals surface area contributed by atoms with Crippen molar-refractivity contribution in [3.05, 3.63) is 89.0 Å². The SMILES string of the molecule is COc1ccc(CNc2ccc(NC(=O)c3ccc(C)c(C)c3)cc2)cc1. The third-order valence-electron chi connectivity index (χ3n) is 4.57. The molecule has 138 valence electrons. The van der Waals surface area contributed by atoms with Crippen LogP contribution in [0.1, 0.15) is 27.0 Å². The number of hydrogen-bond donors (Lipinski definition) is 2. The summed E-state index contributed by atoms with van der Waals surface area (Å²) in [6.07, 6.45) is 0. The van der Waals surface area contributed by atoms with E-state index >= 15 is 0 Å². The molecule has 0 heterocycles. The molecule has 0 aliphatic carbocycles. The second kappa shape index (κ2) is 8.41. The lowest BCUT2D eigenvalue weighted by molar-refractivity contribution is 0.102. The molecule has 0 saturated heterocycles. The molecule has 0 aliphatic heterocycles. The highest BCUT2D eigenvalue weighted by Crippen LogP contribution is 2.17. The van der Waals surface area contributed by atoms with Gasteiger partial charge in [0.05, 0.1) is 7.11 Å². The number of aryl methyl sites for hydroxylation is 2. The van der Waals surface area contributed by atoms with Crippen molar-refractivity contribution in [2.24, 2.45) is 0 Å². The van der Waals surface area contributed by atoms with Gasteiger partial charge in [0.15, 0.2) is 0 Å². The Morgan fingerprint density at radius 2 is 1.52 bits per heavy atom. The van der Waals surface area contributed by atoms with E-state index in [4.69, 9.17) is 4.74 Å². The second-order valence-electron chi connectivity index (χ2n) is 6.53. The highest BCUT2D eigenvalue weighted by atomic mass is 16.5. The van der Waals surface area contributed by atoms with Crippen LogP contribution in [0.15, 0.2) is 66.7 Å². The maximum absolute atomic E-state index is 12.4. The van der Waals surface area contributed by atoms with Gasteiger partial charge in [-0.2, -0.15) is 0 Å². The zero-order chi connectivity index (χ0) is 19.2. The van der Waals surface area contributed by atoms with Crippen molar-refractivity contribution >= 4 is 17.3 Å². The number of methoxy groups -OCH3 is 1. The van der Waals surface area contributed by atoms with Crippen LogP contribution in [0.5, 0.6) is 5.75 Å². The minimum Gasteiger partial charge on any atom is -0.497 e. The molecule has 3 aromatic carbocycles. The quantitative estimate of drug-likeness (QED) is 0.637. The average molecular weight is 360 g/mol. The lowest BCUT2D eigenvalue weighted by Crippen LogP contribution is -2.12. The fourth-order valence-electron chi connectivity index (χ4n) is 2.70. The summed E-state index contributed by atoms with van der Waals surface area (Å²) in [5.74, 6) is 0.750. The molecule has 0 aliphatic rings. The van der Waals surface area contributed by atoms with Crippen LogP contribution in [0.25, 0.3) is 0 Å². The highest BCUT2D eigenvalue weighted by molar-refractivity contribution is 6.04. The first-order valence-corrected chi connectivity index (χ1v) is 8.90. The van der Waals surface area contributed by atoms with Gasteiger partial charge < -0.3 is 15.4 Å². The number of carbonyl (C=O) groups excluding carboxylic acids is 1. The first-order chi connectivity index (χ1) is 13.0. The maximum atomic E-state index is 12.4. The average Bonchev–Trinajstić information content (AvgIpc) is 2.70. The minimum absolute atomic E-state index is 0.1000. The van der Waals surface area contributed by atoms with Crippen molar-refractivity contribution in [1.82, 2.24) is 0 Å². The zero-order valence-electron chi connectivity index (χ0n) is 15.9. The predicted octanol–water partition coefficient (Wildman–Crippen LogP) is 5.18. The third kappa shape index (κ3) is 4.88. The summed E-state index contributed by atoms with van der Waals surface area (Å²) in [4.78, 5) is 12.4. The third-order valence-corrected chi connectivity index (χ3v) is 4.57. The molecule has 0 bridgehead atoms. The van der Waals surface area contributed by atoms with E-state index in [1.165, 1.54) is 11.1 Å². The standard InChI is InChI=1S/C23H24N2O2/c1-16-4-7-19(14-17(16)2)23(26)25-21-10-8-20(9-11-21)24-15-18-5-12-22(27-3)13-6-18/h4-14,24H,15H2,1-3H3,(H,25,26). The van der Waals surface area contributed by atoms with Crippen LogP contribution in [0.3, 0.4) is 0 Å². The summed E-state index contributed by atoms with van der Waals surface area (Å²) in [7, 11) is 1.66. The number of benzene rings is 3. The van der Waals surface area contributed by atoms with Crippen LogP contribution < -0.4 is 15.4 Å². The fourth-order valence-corrected chi connectivity index (χ4v) is 2.70. The second-order valence-corrected chi connectivity index (χ2v) is 6.53. The number of anilines is 2. The van der Waals surface area contributed by atoms with E-state index in [2.05, 4.69) is 10.6 Å². The largest absolute Gasteiger partial charge is 0.497 e. The van der Waals surface area contributed by atoms with Gasteiger partial charge in [0.1, 0.15) is 5.75 Å². The Kier molecular flexibility index (Phi) is 5.77. The van der Waals surface area contributed by atoms with E-state index in [9.17, 15) is 4.79 Å². The molecule has 4 heteroatoms. The van der Waals surface area contributed by atoms with Crippen LogP contribution in [-0.4, -0.2) is 13.0 Å². The smallest absolute Gasteiger partial charge is 0.255 e. The first kappa shape index (κ1) is 18.5. The van der Waals surface area contributed by atoms with Gasteiger partial charge >= 0.3 is 0 Å². The Morgan fingerprint density at radius 1 is 0.852 bits per heavy atom. The first-order valence-electron chi connectivity index (χ1n) is 8.90. The van der Waals surface area contributed by atoms with Gasteiger partial charge in [-0.05, 0) is 79.1 Å². The van der Waals surface area contributed by atoms with Gasteiger partial charge in [-0.1, -0.05) is 18.2 Å². The summed E-state index contributed by atoms with van der Waals surface area (Å²) in [6.45, 7) is 4.77. The summed E-state index contributed by atoms with van der Waals surface area (Å²) >= 11 is 0. The zero-order valence-corrected chi connectivity index (χ0v) is 15.9. The summed E-state index contributed by atoms with van der Waals surface area (Å²) in [6, 6.07) is 21.4. The topological polar surface area (TPSA) is 50.4 Å². The van der Waals surface area contributed by atoms with E-state index in [0.29, 0.717) is 5.56 Å². The Hall–Kier alpha value is -3.27. The molecule has 2 N–H and O–H groups in total. The molecule has 0 saturated carbocycles. The van der Waals surface area contributed by atoms with Gasteiger partial charge in [0.25, 0.3) is 5.91 Å². The monoisotopic (exact) mass is 360 g/mol. The number of ether oxygens (including phenoxy) is 1. The van der Waals surface area contributed by atoms with Crippen molar-refractivity contribution in [3.63, 3.8) is 0 Å². The molecular formula is C23H24N2O2. The highest BCUT2D eigenvalue weighted by Gasteiger charge is 2.07. The van der Waals surface area contributed by atoms with Crippen LogP contribution in [0.2, 0.25) is 0 Å². The minimum atomic E-state index is -0.1000. The van der Waals surface area contributed by atoms with Crippen LogP contribution in [-0.2, 0) is 6.54 Å². The maximum Gasteiger partial charge on any atom is 0.255 e. The van der Waals surface area contributed by atoms with E-state index in [0.717, 1.165) is 29.2 Å². The lowest BCUT2D eigenvalue weighted by Gasteiger charge is -2.10. The van der Waals surface area contributed by atoms with Crippen molar-refractivity contribution in [3.8, 4) is 5.75 Å². The Balaban J connectivity index is 1.57. The van der Waals surface area contributed by atoms with Crippen LogP contribution in [0, 0.1) is 13.8 Å². The summed E-state index contributed by atoms with van der Waals surface area (Å²) < 4.78 is 5.17. The van der Waals surface area contributed by atoms with Gasteiger partial charge in [-0.25, -0.2) is 0 Å².